The van der Waals surface area contributed by atoms with Crippen LogP contribution in [0.3, 0.4) is 0 Å². The second kappa shape index (κ2) is 7.13. The summed E-state index contributed by atoms with van der Waals surface area (Å²) in [5.41, 5.74) is 2.28. The minimum absolute atomic E-state index is 0.0230. The van der Waals surface area contributed by atoms with Crippen LogP contribution in [0.4, 0.5) is 15.9 Å². The fourth-order valence-corrected chi connectivity index (χ4v) is 3.41. The van der Waals surface area contributed by atoms with Gasteiger partial charge in [-0.05, 0) is 36.5 Å². The Kier molecular flexibility index (Phi) is 4.67. The molecule has 2 heterocycles. The molecule has 1 aliphatic rings. The largest absolute Gasteiger partial charge is 0.496 e. The van der Waals surface area contributed by atoms with Gasteiger partial charge in [-0.2, -0.15) is 0 Å². The van der Waals surface area contributed by atoms with Crippen LogP contribution in [0.1, 0.15) is 11.6 Å². The highest BCUT2D eigenvalue weighted by molar-refractivity contribution is 7.80. The molecule has 1 aromatic heterocycles. The van der Waals surface area contributed by atoms with Crippen molar-refractivity contribution >= 4 is 51.3 Å². The average Bonchev–Trinajstić information content (AvgIpc) is 3.10. The molecule has 1 unspecified atom stereocenters. The number of benzene rings is 2. The van der Waals surface area contributed by atoms with Crippen LogP contribution in [0.25, 0.3) is 10.9 Å². The summed E-state index contributed by atoms with van der Waals surface area (Å²) >= 11 is 11.0. The van der Waals surface area contributed by atoms with Crippen LogP contribution in [-0.4, -0.2) is 28.7 Å². The van der Waals surface area contributed by atoms with Crippen molar-refractivity contribution in [3.8, 4) is 5.75 Å². The number of rotatable bonds is 4. The number of aromatic nitrogens is 2. The first-order chi connectivity index (χ1) is 13.0. The third-order valence-corrected chi connectivity index (χ3v) is 4.87. The molecule has 1 aliphatic heterocycles. The predicted octanol–water partition coefficient (Wildman–Crippen LogP) is 3.69. The topological polar surface area (TPSA) is 71.1 Å². The molecule has 0 saturated carbocycles. The number of hydrogen-bond acceptors (Lipinski definition) is 5. The highest BCUT2D eigenvalue weighted by Gasteiger charge is 2.24. The summed E-state index contributed by atoms with van der Waals surface area (Å²) in [6.07, 6.45) is 1.46. The van der Waals surface area contributed by atoms with E-state index in [1.807, 2.05) is 12.1 Å². The van der Waals surface area contributed by atoms with Crippen LogP contribution in [0.15, 0.2) is 36.7 Å². The summed E-state index contributed by atoms with van der Waals surface area (Å²) < 4.78 is 18.9. The molecule has 3 N–H and O–H groups in total. The third-order valence-electron chi connectivity index (χ3n) is 4.32. The Morgan fingerprint density at radius 2 is 2.15 bits per heavy atom. The van der Waals surface area contributed by atoms with E-state index in [2.05, 4.69) is 25.9 Å². The van der Waals surface area contributed by atoms with E-state index < -0.39 is 5.82 Å². The number of anilines is 2. The van der Waals surface area contributed by atoms with Crippen LogP contribution in [0.2, 0.25) is 5.02 Å². The fraction of sp³-hybridized carbons (Fsp3) is 0.167. The van der Waals surface area contributed by atoms with Gasteiger partial charge in [0.15, 0.2) is 5.11 Å². The number of thiocarbonyl (C=S) groups is 1. The summed E-state index contributed by atoms with van der Waals surface area (Å²) in [6.45, 7) is 0.657. The fourth-order valence-electron chi connectivity index (χ4n) is 3.00. The van der Waals surface area contributed by atoms with Gasteiger partial charge in [-0.25, -0.2) is 14.4 Å². The Labute approximate surface area is 165 Å². The maximum absolute atomic E-state index is 13.4. The van der Waals surface area contributed by atoms with Crippen molar-refractivity contribution < 1.29 is 9.13 Å². The van der Waals surface area contributed by atoms with Crippen molar-refractivity contribution in [3.63, 3.8) is 0 Å². The van der Waals surface area contributed by atoms with E-state index in [9.17, 15) is 4.39 Å². The molecule has 0 bridgehead atoms. The molecule has 3 aromatic rings. The molecule has 9 heteroatoms. The first-order valence-electron chi connectivity index (χ1n) is 8.14. The average molecular weight is 404 g/mol. The van der Waals surface area contributed by atoms with Gasteiger partial charge >= 0.3 is 0 Å². The molecular weight excluding hydrogens is 389 g/mol. The van der Waals surface area contributed by atoms with Gasteiger partial charge in [-0.3, -0.25) is 0 Å². The lowest BCUT2D eigenvalue weighted by Gasteiger charge is -2.16. The van der Waals surface area contributed by atoms with Crippen LogP contribution in [0.5, 0.6) is 5.75 Å². The molecule has 4 rings (SSSR count). The zero-order valence-corrected chi connectivity index (χ0v) is 15.8. The van der Waals surface area contributed by atoms with Gasteiger partial charge in [0.25, 0.3) is 0 Å². The van der Waals surface area contributed by atoms with Crippen molar-refractivity contribution in [3.05, 3.63) is 53.1 Å². The molecular formula is C18H15ClFN5OS. The highest BCUT2D eigenvalue weighted by Crippen LogP contribution is 2.34. The third kappa shape index (κ3) is 3.45. The number of fused-ring (bicyclic) bond motifs is 1. The van der Waals surface area contributed by atoms with E-state index in [0.29, 0.717) is 28.9 Å². The minimum atomic E-state index is -0.474. The molecule has 0 aliphatic carbocycles. The van der Waals surface area contributed by atoms with Crippen LogP contribution < -0.4 is 20.7 Å². The molecule has 0 amide bonds. The van der Waals surface area contributed by atoms with E-state index in [-0.39, 0.29) is 11.1 Å². The second-order valence-electron chi connectivity index (χ2n) is 5.99. The minimum Gasteiger partial charge on any atom is -0.496 e. The zero-order valence-electron chi connectivity index (χ0n) is 14.2. The second-order valence-corrected chi connectivity index (χ2v) is 6.81. The van der Waals surface area contributed by atoms with Crippen molar-refractivity contribution in [1.82, 2.24) is 20.6 Å². The van der Waals surface area contributed by atoms with E-state index in [4.69, 9.17) is 28.6 Å². The maximum Gasteiger partial charge on any atom is 0.166 e. The number of nitrogens with one attached hydrogen (secondary N) is 3. The van der Waals surface area contributed by atoms with Crippen molar-refractivity contribution in [2.24, 2.45) is 0 Å². The smallest absolute Gasteiger partial charge is 0.166 e. The lowest BCUT2D eigenvalue weighted by molar-refractivity contribution is 0.406. The summed E-state index contributed by atoms with van der Waals surface area (Å²) in [5, 5.41) is 10.9. The summed E-state index contributed by atoms with van der Waals surface area (Å²) in [6, 6.07) is 8.21. The van der Waals surface area contributed by atoms with E-state index >= 15 is 0 Å². The van der Waals surface area contributed by atoms with Crippen molar-refractivity contribution in [2.45, 2.75) is 6.04 Å². The van der Waals surface area contributed by atoms with E-state index in [0.717, 1.165) is 16.5 Å². The lowest BCUT2D eigenvalue weighted by atomic mass is 10.0. The molecule has 0 radical (unpaired) electrons. The Morgan fingerprint density at radius 3 is 2.85 bits per heavy atom. The van der Waals surface area contributed by atoms with E-state index in [1.54, 1.807) is 13.2 Å². The zero-order chi connectivity index (χ0) is 19.0. The summed E-state index contributed by atoms with van der Waals surface area (Å²) in [4.78, 5) is 8.66. The van der Waals surface area contributed by atoms with Gasteiger partial charge in [0, 0.05) is 29.2 Å². The molecule has 1 saturated heterocycles. The molecule has 2 aromatic carbocycles. The molecule has 1 atom stereocenters. The Balaban J connectivity index is 1.79. The molecule has 1 fully saturated rings. The lowest BCUT2D eigenvalue weighted by Crippen LogP contribution is -2.21. The Morgan fingerprint density at radius 1 is 1.30 bits per heavy atom. The number of ether oxygens (including phenoxy) is 1. The number of nitrogens with zero attached hydrogens (tertiary/aromatic N) is 2. The SMILES string of the molecule is COc1cc2ncnc(Nc3ccc(F)c(Cl)c3)c2cc1C1CNC(=S)N1. The molecule has 0 spiro atoms. The van der Waals surface area contributed by atoms with Gasteiger partial charge in [0.1, 0.15) is 23.7 Å². The molecule has 6 nitrogen and oxygen atoms in total. The maximum atomic E-state index is 13.4. The number of hydrogen-bond donors (Lipinski definition) is 3. The molecule has 138 valence electrons. The van der Waals surface area contributed by atoms with Gasteiger partial charge in [-0.15, -0.1) is 0 Å². The predicted molar refractivity (Wildman–Crippen MR) is 107 cm³/mol. The monoisotopic (exact) mass is 403 g/mol. The number of halogens is 2. The Hall–Kier alpha value is -2.71. The summed E-state index contributed by atoms with van der Waals surface area (Å²) in [7, 11) is 1.62. The van der Waals surface area contributed by atoms with Crippen LogP contribution in [0, 0.1) is 5.82 Å². The van der Waals surface area contributed by atoms with Gasteiger partial charge in [0.2, 0.25) is 0 Å². The first-order valence-corrected chi connectivity index (χ1v) is 8.93. The standard InChI is InChI=1S/C18H15ClFN5OS/c1-26-16-6-14-11(5-10(16)15-7-21-18(27)25-15)17(23-8-22-14)24-9-2-3-13(20)12(19)4-9/h2-6,8,15H,7H2,1H3,(H2,21,25,27)(H,22,23,24). The van der Waals surface area contributed by atoms with Gasteiger partial charge < -0.3 is 20.7 Å². The van der Waals surface area contributed by atoms with E-state index in [1.165, 1.54) is 18.5 Å². The quantitative estimate of drug-likeness (QED) is 0.574. The van der Waals surface area contributed by atoms with Crippen molar-refractivity contribution in [1.29, 1.82) is 0 Å². The van der Waals surface area contributed by atoms with Crippen molar-refractivity contribution in [2.75, 3.05) is 19.0 Å². The Bertz CT molecular complexity index is 1050. The first kappa shape index (κ1) is 17.7. The van der Waals surface area contributed by atoms with Gasteiger partial charge in [-0.1, -0.05) is 11.6 Å². The highest BCUT2D eigenvalue weighted by atomic mass is 35.5. The van der Waals surface area contributed by atoms with Crippen LogP contribution in [-0.2, 0) is 0 Å². The van der Waals surface area contributed by atoms with Crippen LogP contribution >= 0.6 is 23.8 Å². The van der Waals surface area contributed by atoms with Gasteiger partial charge in [0.05, 0.1) is 23.7 Å². The molecule has 27 heavy (non-hydrogen) atoms. The number of methoxy groups -OCH3 is 1. The summed E-state index contributed by atoms with van der Waals surface area (Å²) in [5.74, 6) is 0.818. The normalized spacial score (nSPS) is 16.1.